The lowest BCUT2D eigenvalue weighted by atomic mass is 10.1. The molecule has 1 aromatic heterocycles. The SMILES string of the molecule is CCCCCCCSc1ccc(NC(=O)c2cccc(N3CC[C@@H](NC(=O)OC(C)(C)C)C3)c2)nn1. The third-order valence-corrected chi connectivity index (χ3v) is 6.77. The summed E-state index contributed by atoms with van der Waals surface area (Å²) < 4.78 is 5.36. The zero-order valence-corrected chi connectivity index (χ0v) is 22.7. The van der Waals surface area contributed by atoms with Crippen LogP contribution in [0.4, 0.5) is 16.3 Å². The predicted molar refractivity (Wildman–Crippen MR) is 146 cm³/mol. The van der Waals surface area contributed by atoms with Crippen LogP contribution in [0.5, 0.6) is 0 Å². The second-order valence-electron chi connectivity index (χ2n) is 10.1. The molecule has 1 aliphatic rings. The average molecular weight is 514 g/mol. The van der Waals surface area contributed by atoms with Crippen molar-refractivity contribution in [3.8, 4) is 0 Å². The van der Waals surface area contributed by atoms with Crippen molar-refractivity contribution in [1.29, 1.82) is 0 Å². The molecule has 2 aromatic rings. The third kappa shape index (κ3) is 9.33. The summed E-state index contributed by atoms with van der Waals surface area (Å²) >= 11 is 1.70. The third-order valence-electron chi connectivity index (χ3n) is 5.76. The Hall–Kier alpha value is -2.81. The van der Waals surface area contributed by atoms with Gasteiger partial charge in [-0.1, -0.05) is 38.7 Å². The van der Waals surface area contributed by atoms with Crippen molar-refractivity contribution in [3.05, 3.63) is 42.0 Å². The number of hydrogen-bond donors (Lipinski definition) is 2. The molecule has 0 aliphatic carbocycles. The fraction of sp³-hybridized carbons (Fsp3) is 0.556. The van der Waals surface area contributed by atoms with Gasteiger partial charge in [-0.25, -0.2) is 4.79 Å². The van der Waals surface area contributed by atoms with Gasteiger partial charge in [0.1, 0.15) is 10.6 Å². The average Bonchev–Trinajstić information content (AvgIpc) is 3.29. The zero-order chi connectivity index (χ0) is 26.0. The van der Waals surface area contributed by atoms with Crippen LogP contribution in [0, 0.1) is 0 Å². The van der Waals surface area contributed by atoms with E-state index >= 15 is 0 Å². The summed E-state index contributed by atoms with van der Waals surface area (Å²) in [6, 6.07) is 11.2. The largest absolute Gasteiger partial charge is 0.444 e. The first-order valence-corrected chi connectivity index (χ1v) is 13.8. The van der Waals surface area contributed by atoms with E-state index in [4.69, 9.17) is 4.74 Å². The minimum atomic E-state index is -0.526. The van der Waals surface area contributed by atoms with Gasteiger partial charge >= 0.3 is 6.09 Å². The Balaban J connectivity index is 1.48. The molecule has 2 amide bonds. The number of nitrogens with one attached hydrogen (secondary N) is 2. The molecule has 196 valence electrons. The molecule has 8 nitrogen and oxygen atoms in total. The van der Waals surface area contributed by atoms with Crippen molar-refractivity contribution < 1.29 is 14.3 Å². The molecule has 0 radical (unpaired) electrons. The summed E-state index contributed by atoms with van der Waals surface area (Å²) in [5.41, 5.74) is 0.956. The van der Waals surface area contributed by atoms with Crippen molar-refractivity contribution >= 4 is 35.3 Å². The molecule has 2 N–H and O–H groups in total. The van der Waals surface area contributed by atoms with Crippen molar-refractivity contribution in [1.82, 2.24) is 15.5 Å². The maximum atomic E-state index is 12.8. The minimum Gasteiger partial charge on any atom is -0.444 e. The molecule has 1 atom stereocenters. The van der Waals surface area contributed by atoms with E-state index in [1.54, 1.807) is 23.9 Å². The van der Waals surface area contributed by atoms with E-state index in [-0.39, 0.29) is 11.9 Å². The van der Waals surface area contributed by atoms with E-state index in [0.717, 1.165) is 29.4 Å². The van der Waals surface area contributed by atoms with Gasteiger partial charge in [0.15, 0.2) is 5.82 Å². The quantitative estimate of drug-likeness (QED) is 0.285. The smallest absolute Gasteiger partial charge is 0.407 e. The van der Waals surface area contributed by atoms with Gasteiger partial charge in [0.2, 0.25) is 0 Å². The fourth-order valence-corrected chi connectivity index (χ4v) is 4.79. The molecule has 1 aliphatic heterocycles. The molecular formula is C27H39N5O3S. The van der Waals surface area contributed by atoms with Crippen molar-refractivity contribution in [2.45, 2.75) is 82.9 Å². The van der Waals surface area contributed by atoms with Gasteiger partial charge < -0.3 is 20.3 Å². The summed E-state index contributed by atoms with van der Waals surface area (Å²) in [4.78, 5) is 27.1. The highest BCUT2D eigenvalue weighted by Crippen LogP contribution is 2.23. The topological polar surface area (TPSA) is 96.5 Å². The molecule has 0 spiro atoms. The van der Waals surface area contributed by atoms with E-state index < -0.39 is 11.7 Å². The molecule has 3 rings (SSSR count). The Labute approximate surface area is 219 Å². The van der Waals surface area contributed by atoms with E-state index in [9.17, 15) is 9.59 Å². The molecule has 1 saturated heterocycles. The van der Waals surface area contributed by atoms with E-state index in [1.165, 1.54) is 32.1 Å². The van der Waals surface area contributed by atoms with Crippen LogP contribution in [0.15, 0.2) is 41.4 Å². The first-order chi connectivity index (χ1) is 17.2. The molecule has 1 fully saturated rings. The first-order valence-electron chi connectivity index (χ1n) is 12.9. The van der Waals surface area contributed by atoms with Crippen LogP contribution in [0.1, 0.15) is 76.6 Å². The van der Waals surface area contributed by atoms with Crippen LogP contribution in [-0.4, -0.2) is 52.7 Å². The van der Waals surface area contributed by atoms with Gasteiger partial charge in [-0.2, -0.15) is 0 Å². The number of ether oxygens (including phenoxy) is 1. The van der Waals surface area contributed by atoms with Crippen LogP contribution in [0.3, 0.4) is 0 Å². The summed E-state index contributed by atoms with van der Waals surface area (Å²) in [5.74, 6) is 1.23. The standard InChI is InChI=1S/C27H39N5O3S/c1-5-6-7-8-9-17-36-24-14-13-23(30-31-24)29-25(33)20-11-10-12-22(18-20)32-16-15-21(19-32)28-26(34)35-27(2,3)4/h10-14,18,21H,5-9,15-17,19H2,1-4H3,(H,28,34)(H,29,30,33)/t21-/m1/s1. The van der Waals surface area contributed by atoms with Crippen LogP contribution in [-0.2, 0) is 4.74 Å². The summed E-state index contributed by atoms with van der Waals surface area (Å²) in [7, 11) is 0. The number of alkyl carbamates (subject to hydrolysis) is 1. The minimum absolute atomic E-state index is 0.000307. The molecule has 1 aromatic carbocycles. The number of thioether (sulfide) groups is 1. The van der Waals surface area contributed by atoms with Crippen molar-refractivity contribution in [2.24, 2.45) is 0 Å². The highest BCUT2D eigenvalue weighted by atomic mass is 32.2. The highest BCUT2D eigenvalue weighted by molar-refractivity contribution is 7.99. The number of rotatable bonds is 11. The van der Waals surface area contributed by atoms with Crippen molar-refractivity contribution in [3.63, 3.8) is 0 Å². The lowest BCUT2D eigenvalue weighted by Gasteiger charge is -2.22. The normalized spacial score (nSPS) is 15.6. The fourth-order valence-electron chi connectivity index (χ4n) is 3.97. The Bertz CT molecular complexity index is 994. The number of nitrogens with zero attached hydrogens (tertiary/aromatic N) is 3. The van der Waals surface area contributed by atoms with E-state index in [2.05, 4.69) is 32.7 Å². The number of hydrogen-bond acceptors (Lipinski definition) is 7. The van der Waals surface area contributed by atoms with Gasteiger partial charge in [-0.05, 0) is 69.7 Å². The van der Waals surface area contributed by atoms with E-state index in [0.29, 0.717) is 17.9 Å². The molecule has 0 unspecified atom stereocenters. The number of carbonyl (C=O) groups excluding carboxylic acids is 2. The number of amides is 2. The molecule has 2 heterocycles. The summed E-state index contributed by atoms with van der Waals surface area (Å²) in [5, 5.41) is 15.0. The van der Waals surface area contributed by atoms with Gasteiger partial charge in [0, 0.05) is 24.3 Å². The Morgan fingerprint density at radius 3 is 2.64 bits per heavy atom. The van der Waals surface area contributed by atoms with Crippen LogP contribution >= 0.6 is 11.8 Å². The molecule has 9 heteroatoms. The lowest BCUT2D eigenvalue weighted by Crippen LogP contribution is -2.40. The highest BCUT2D eigenvalue weighted by Gasteiger charge is 2.26. The Morgan fingerprint density at radius 1 is 1.11 bits per heavy atom. The number of unbranched alkanes of at least 4 members (excludes halogenated alkanes) is 4. The van der Waals surface area contributed by atoms with Crippen LogP contribution in [0.25, 0.3) is 0 Å². The molecule has 0 bridgehead atoms. The summed E-state index contributed by atoms with van der Waals surface area (Å²) in [6.07, 6.45) is 6.67. The first kappa shape index (κ1) is 27.8. The second kappa shape index (κ2) is 13.5. The van der Waals surface area contributed by atoms with Gasteiger partial charge in [0.05, 0.1) is 6.04 Å². The maximum absolute atomic E-state index is 12.8. The lowest BCUT2D eigenvalue weighted by molar-refractivity contribution is 0.0509. The number of benzene rings is 1. The number of carbonyl (C=O) groups is 2. The number of aromatic nitrogens is 2. The molecule has 36 heavy (non-hydrogen) atoms. The van der Waals surface area contributed by atoms with Crippen molar-refractivity contribution in [2.75, 3.05) is 29.1 Å². The summed E-state index contributed by atoms with van der Waals surface area (Å²) in [6.45, 7) is 9.21. The second-order valence-corrected chi connectivity index (χ2v) is 11.2. The van der Waals surface area contributed by atoms with Crippen LogP contribution < -0.4 is 15.5 Å². The van der Waals surface area contributed by atoms with Gasteiger partial charge in [-0.15, -0.1) is 22.0 Å². The van der Waals surface area contributed by atoms with Gasteiger partial charge in [0.25, 0.3) is 5.91 Å². The maximum Gasteiger partial charge on any atom is 0.407 e. The molecule has 0 saturated carbocycles. The monoisotopic (exact) mass is 513 g/mol. The Morgan fingerprint density at radius 2 is 1.92 bits per heavy atom. The van der Waals surface area contributed by atoms with E-state index in [1.807, 2.05) is 45.0 Å². The van der Waals surface area contributed by atoms with Crippen LogP contribution in [0.2, 0.25) is 0 Å². The van der Waals surface area contributed by atoms with Gasteiger partial charge in [-0.3, -0.25) is 4.79 Å². The molecular weight excluding hydrogens is 474 g/mol. The predicted octanol–water partition coefficient (Wildman–Crippen LogP) is 5.89. The zero-order valence-electron chi connectivity index (χ0n) is 21.9. The Kier molecular flexibility index (Phi) is 10.4. The number of anilines is 2.